The minimum absolute atomic E-state index is 0.694. The molecule has 18 heavy (non-hydrogen) atoms. The first kappa shape index (κ1) is 13.6. The first-order valence-corrected chi connectivity index (χ1v) is 6.78. The summed E-state index contributed by atoms with van der Waals surface area (Å²) in [5, 5.41) is 3.14. The van der Waals surface area contributed by atoms with Crippen molar-refractivity contribution in [1.29, 1.82) is 0 Å². The van der Waals surface area contributed by atoms with Crippen LogP contribution in [-0.4, -0.2) is 50.1 Å². The zero-order valence-electron chi connectivity index (χ0n) is 11.8. The van der Waals surface area contributed by atoms with Crippen molar-refractivity contribution in [2.75, 3.05) is 34.2 Å². The number of likely N-dealkylation sites (tertiary alicyclic amines) is 1. The third kappa shape index (κ3) is 3.57. The molecule has 0 unspecified atom stereocenters. The van der Waals surface area contributed by atoms with Gasteiger partial charge >= 0.3 is 0 Å². The second-order valence-electron chi connectivity index (χ2n) is 5.40. The quantitative estimate of drug-likeness (QED) is 0.860. The zero-order chi connectivity index (χ0) is 13.0. The summed E-state index contributed by atoms with van der Waals surface area (Å²) >= 11 is 0. The van der Waals surface area contributed by atoms with Crippen LogP contribution in [0.1, 0.15) is 24.2 Å². The second-order valence-corrected chi connectivity index (χ2v) is 5.40. The number of hydrogen-bond acceptors (Lipinski definition) is 4. The minimum atomic E-state index is 0.694. The Morgan fingerprint density at radius 2 is 2.17 bits per heavy atom. The SMILES string of the molecule is CNCc1coc(CN(C)C2CCN(C)CC2)c1. The molecule has 0 atom stereocenters. The van der Waals surface area contributed by atoms with Gasteiger partial charge in [-0.25, -0.2) is 0 Å². The summed E-state index contributed by atoms with van der Waals surface area (Å²) in [5.74, 6) is 1.07. The zero-order valence-corrected chi connectivity index (χ0v) is 11.8. The molecule has 1 fully saturated rings. The van der Waals surface area contributed by atoms with Crippen LogP contribution in [0.2, 0.25) is 0 Å². The maximum Gasteiger partial charge on any atom is 0.118 e. The third-order valence-electron chi connectivity index (χ3n) is 3.81. The maximum atomic E-state index is 5.61. The van der Waals surface area contributed by atoms with E-state index in [1.165, 1.54) is 31.5 Å². The van der Waals surface area contributed by atoms with Crippen LogP contribution in [0.4, 0.5) is 0 Å². The molecule has 1 aliphatic heterocycles. The molecule has 0 saturated carbocycles. The van der Waals surface area contributed by atoms with Gasteiger partial charge in [-0.3, -0.25) is 4.90 Å². The lowest BCUT2D eigenvalue weighted by Crippen LogP contribution is -2.41. The smallest absolute Gasteiger partial charge is 0.118 e. The Kier molecular flexibility index (Phi) is 4.80. The molecule has 0 radical (unpaired) electrons. The molecular formula is C14H25N3O. The molecule has 0 aliphatic carbocycles. The van der Waals surface area contributed by atoms with Gasteiger partial charge in [-0.05, 0) is 53.1 Å². The van der Waals surface area contributed by atoms with Crippen molar-refractivity contribution < 1.29 is 4.42 Å². The Labute approximate surface area is 110 Å². The van der Waals surface area contributed by atoms with E-state index in [1.807, 2.05) is 13.3 Å². The molecule has 1 aromatic rings. The molecule has 102 valence electrons. The molecule has 1 aliphatic rings. The third-order valence-corrected chi connectivity index (χ3v) is 3.81. The Balaban J connectivity index is 1.84. The number of furan rings is 1. The number of nitrogens with zero attached hydrogens (tertiary/aromatic N) is 2. The summed E-state index contributed by atoms with van der Waals surface area (Å²) in [6, 6.07) is 2.85. The summed E-state index contributed by atoms with van der Waals surface area (Å²) in [7, 11) is 6.36. The Morgan fingerprint density at radius 1 is 1.44 bits per heavy atom. The lowest BCUT2D eigenvalue weighted by atomic mass is 10.0. The highest BCUT2D eigenvalue weighted by Crippen LogP contribution is 2.17. The van der Waals surface area contributed by atoms with Crippen LogP contribution in [0.15, 0.2) is 16.7 Å². The first-order valence-electron chi connectivity index (χ1n) is 6.78. The maximum absolute atomic E-state index is 5.61. The Morgan fingerprint density at radius 3 is 2.83 bits per heavy atom. The van der Waals surface area contributed by atoms with Gasteiger partial charge in [-0.15, -0.1) is 0 Å². The lowest BCUT2D eigenvalue weighted by molar-refractivity contribution is 0.132. The molecule has 1 N–H and O–H groups in total. The van der Waals surface area contributed by atoms with Gasteiger partial charge in [0.15, 0.2) is 0 Å². The number of nitrogens with one attached hydrogen (secondary N) is 1. The van der Waals surface area contributed by atoms with E-state index in [4.69, 9.17) is 4.42 Å². The molecular weight excluding hydrogens is 226 g/mol. The summed E-state index contributed by atoms with van der Waals surface area (Å²) in [5.41, 5.74) is 1.23. The molecule has 0 aromatic carbocycles. The van der Waals surface area contributed by atoms with Crippen molar-refractivity contribution in [2.24, 2.45) is 0 Å². The van der Waals surface area contributed by atoms with E-state index in [0.717, 1.165) is 18.8 Å². The fourth-order valence-corrected chi connectivity index (χ4v) is 2.62. The van der Waals surface area contributed by atoms with Crippen molar-refractivity contribution in [3.05, 3.63) is 23.7 Å². The number of rotatable bonds is 5. The molecule has 0 bridgehead atoms. The summed E-state index contributed by atoms with van der Waals surface area (Å²) < 4.78 is 5.61. The van der Waals surface area contributed by atoms with Crippen LogP contribution in [0.25, 0.3) is 0 Å². The molecule has 4 nitrogen and oxygen atoms in total. The predicted octanol–water partition coefficient (Wildman–Crippen LogP) is 1.53. The lowest BCUT2D eigenvalue weighted by Gasteiger charge is -2.34. The van der Waals surface area contributed by atoms with Gasteiger partial charge in [0.2, 0.25) is 0 Å². The fourth-order valence-electron chi connectivity index (χ4n) is 2.62. The van der Waals surface area contributed by atoms with Gasteiger partial charge in [-0.2, -0.15) is 0 Å². The van der Waals surface area contributed by atoms with Gasteiger partial charge in [0.25, 0.3) is 0 Å². The van der Waals surface area contributed by atoms with E-state index in [0.29, 0.717) is 6.04 Å². The van der Waals surface area contributed by atoms with E-state index in [-0.39, 0.29) is 0 Å². The Bertz CT molecular complexity index is 356. The van der Waals surface area contributed by atoms with E-state index >= 15 is 0 Å². The van der Waals surface area contributed by atoms with Gasteiger partial charge < -0.3 is 14.6 Å². The van der Waals surface area contributed by atoms with Crippen LogP contribution in [-0.2, 0) is 13.1 Å². The fraction of sp³-hybridized carbons (Fsp3) is 0.714. The van der Waals surface area contributed by atoms with E-state index < -0.39 is 0 Å². The standard InChI is InChI=1S/C14H25N3O/c1-15-9-12-8-14(18-11-12)10-17(3)13-4-6-16(2)7-5-13/h8,11,13,15H,4-7,9-10H2,1-3H3. The highest BCUT2D eigenvalue weighted by Gasteiger charge is 2.21. The molecule has 0 spiro atoms. The van der Waals surface area contributed by atoms with Crippen molar-refractivity contribution in [2.45, 2.75) is 32.0 Å². The van der Waals surface area contributed by atoms with E-state index in [2.05, 4.69) is 35.3 Å². The topological polar surface area (TPSA) is 31.7 Å². The summed E-state index contributed by atoms with van der Waals surface area (Å²) in [6.45, 7) is 4.20. The van der Waals surface area contributed by atoms with E-state index in [9.17, 15) is 0 Å². The van der Waals surface area contributed by atoms with Crippen LogP contribution in [0.3, 0.4) is 0 Å². The molecule has 2 heterocycles. The second kappa shape index (κ2) is 6.36. The molecule has 1 saturated heterocycles. The molecule has 4 heteroatoms. The minimum Gasteiger partial charge on any atom is -0.468 e. The van der Waals surface area contributed by atoms with Gasteiger partial charge in [0.05, 0.1) is 12.8 Å². The molecule has 2 rings (SSSR count). The average molecular weight is 251 g/mol. The Hall–Kier alpha value is -0.840. The highest BCUT2D eigenvalue weighted by atomic mass is 16.3. The highest BCUT2D eigenvalue weighted by molar-refractivity contribution is 5.12. The molecule has 1 aromatic heterocycles. The van der Waals surface area contributed by atoms with Crippen LogP contribution >= 0.6 is 0 Å². The number of hydrogen-bond donors (Lipinski definition) is 1. The van der Waals surface area contributed by atoms with Crippen molar-refractivity contribution in [1.82, 2.24) is 15.1 Å². The van der Waals surface area contributed by atoms with Gasteiger partial charge in [-0.1, -0.05) is 0 Å². The van der Waals surface area contributed by atoms with Gasteiger partial charge in [0.1, 0.15) is 5.76 Å². The van der Waals surface area contributed by atoms with Crippen LogP contribution < -0.4 is 5.32 Å². The largest absolute Gasteiger partial charge is 0.468 e. The van der Waals surface area contributed by atoms with Crippen molar-refractivity contribution in [3.8, 4) is 0 Å². The monoisotopic (exact) mass is 251 g/mol. The van der Waals surface area contributed by atoms with Crippen molar-refractivity contribution >= 4 is 0 Å². The average Bonchev–Trinajstić information content (AvgIpc) is 2.78. The van der Waals surface area contributed by atoms with E-state index in [1.54, 1.807) is 0 Å². The van der Waals surface area contributed by atoms with Crippen LogP contribution in [0.5, 0.6) is 0 Å². The summed E-state index contributed by atoms with van der Waals surface area (Å²) in [4.78, 5) is 4.83. The van der Waals surface area contributed by atoms with Gasteiger partial charge in [0, 0.05) is 18.2 Å². The first-order chi connectivity index (χ1) is 8.69. The normalized spacial score (nSPS) is 18.7. The molecule has 0 amide bonds. The summed E-state index contributed by atoms with van der Waals surface area (Å²) in [6.07, 6.45) is 4.38. The van der Waals surface area contributed by atoms with Crippen molar-refractivity contribution in [3.63, 3.8) is 0 Å². The van der Waals surface area contributed by atoms with Crippen LogP contribution in [0, 0.1) is 0 Å². The number of piperidine rings is 1. The predicted molar refractivity (Wildman–Crippen MR) is 73.5 cm³/mol.